The number of carbonyl (C=O) groups is 1. The van der Waals surface area contributed by atoms with Gasteiger partial charge in [-0.1, -0.05) is 0 Å². The van der Waals surface area contributed by atoms with E-state index >= 15 is 0 Å². The summed E-state index contributed by atoms with van der Waals surface area (Å²) in [6, 6.07) is 4.35. The van der Waals surface area contributed by atoms with E-state index in [9.17, 15) is 4.79 Å². The van der Waals surface area contributed by atoms with Crippen LogP contribution in [-0.2, 0) is 11.2 Å². The zero-order valence-corrected chi connectivity index (χ0v) is 12.7. The molecule has 2 heterocycles. The first-order valence-electron chi connectivity index (χ1n) is 6.55. The average Bonchev–Trinajstić information content (AvgIpc) is 2.63. The van der Waals surface area contributed by atoms with Gasteiger partial charge in [0.25, 0.3) is 0 Å². The van der Waals surface area contributed by atoms with Crippen LogP contribution in [-0.4, -0.2) is 38.8 Å². The summed E-state index contributed by atoms with van der Waals surface area (Å²) >= 11 is 3.39. The molecule has 0 radical (unpaired) electrons. The van der Waals surface area contributed by atoms with E-state index in [2.05, 4.69) is 30.9 Å². The Balaban J connectivity index is 1.97. The van der Waals surface area contributed by atoms with Crippen LogP contribution in [0.5, 0.6) is 0 Å². The van der Waals surface area contributed by atoms with Crippen molar-refractivity contribution in [2.24, 2.45) is 0 Å². The minimum atomic E-state index is -0.902. The van der Waals surface area contributed by atoms with E-state index < -0.39 is 5.97 Å². The first kappa shape index (κ1) is 13.4. The summed E-state index contributed by atoms with van der Waals surface area (Å²) in [5, 5.41) is 13.4. The van der Waals surface area contributed by atoms with Gasteiger partial charge < -0.3 is 10.0 Å². The van der Waals surface area contributed by atoms with E-state index in [-0.39, 0.29) is 6.42 Å². The first-order chi connectivity index (χ1) is 9.56. The molecule has 7 heteroatoms. The molecule has 20 heavy (non-hydrogen) atoms. The van der Waals surface area contributed by atoms with Crippen molar-refractivity contribution < 1.29 is 9.90 Å². The highest BCUT2D eigenvalue weighted by molar-refractivity contribution is 9.10. The fraction of sp³-hybridized carbons (Fsp3) is 0.462. The maximum atomic E-state index is 10.8. The van der Waals surface area contributed by atoms with Crippen molar-refractivity contribution in [2.45, 2.75) is 31.7 Å². The second kappa shape index (κ2) is 5.05. The molecule has 1 aliphatic carbocycles. The molecule has 0 aliphatic heterocycles. The Bertz CT molecular complexity index is 666. The Kier molecular flexibility index (Phi) is 3.37. The van der Waals surface area contributed by atoms with Crippen molar-refractivity contribution in [1.29, 1.82) is 0 Å². The largest absolute Gasteiger partial charge is 0.481 e. The van der Waals surface area contributed by atoms with Gasteiger partial charge in [-0.05, 0) is 47.3 Å². The summed E-state index contributed by atoms with van der Waals surface area (Å²) < 4.78 is 2.27. The molecule has 0 atom stereocenters. The van der Waals surface area contributed by atoms with E-state index in [0.29, 0.717) is 22.0 Å². The number of aliphatic carboxylic acids is 1. The molecule has 6 nitrogen and oxygen atoms in total. The molecule has 1 saturated carbocycles. The molecule has 106 valence electrons. The number of carboxylic acid groups (broad SMARTS) is 1. The van der Waals surface area contributed by atoms with Crippen LogP contribution in [0.2, 0.25) is 0 Å². The van der Waals surface area contributed by atoms with Crippen LogP contribution >= 0.6 is 15.9 Å². The van der Waals surface area contributed by atoms with Gasteiger partial charge in [-0.15, -0.1) is 5.10 Å². The van der Waals surface area contributed by atoms with Gasteiger partial charge in [0.2, 0.25) is 0 Å². The second-order valence-corrected chi connectivity index (χ2v) is 5.83. The fourth-order valence-corrected chi connectivity index (χ4v) is 2.84. The van der Waals surface area contributed by atoms with Crippen LogP contribution in [0.4, 0.5) is 5.82 Å². The van der Waals surface area contributed by atoms with Gasteiger partial charge in [-0.3, -0.25) is 4.79 Å². The lowest BCUT2D eigenvalue weighted by molar-refractivity contribution is -0.136. The molecule has 0 spiro atoms. The number of hydrogen-bond donors (Lipinski definition) is 1. The number of nitrogens with zero attached hydrogens (tertiary/aromatic N) is 4. The zero-order chi connectivity index (χ0) is 14.3. The van der Waals surface area contributed by atoms with Crippen molar-refractivity contribution >= 4 is 33.4 Å². The highest BCUT2D eigenvalue weighted by Crippen LogP contribution is 2.28. The summed E-state index contributed by atoms with van der Waals surface area (Å²) in [5.74, 6) is -0.0249. The number of hydrogen-bond acceptors (Lipinski definition) is 4. The topological polar surface area (TPSA) is 70.7 Å². The lowest BCUT2D eigenvalue weighted by Gasteiger charge is -2.35. The van der Waals surface area contributed by atoms with Gasteiger partial charge in [0.15, 0.2) is 5.65 Å². The lowest BCUT2D eigenvalue weighted by Crippen LogP contribution is -2.37. The molecule has 0 saturated heterocycles. The predicted octanol–water partition coefficient (Wildman–Crippen LogP) is 2.11. The molecule has 2 aromatic rings. The average molecular weight is 339 g/mol. The normalized spacial score (nSPS) is 15.3. The summed E-state index contributed by atoms with van der Waals surface area (Å²) in [4.78, 5) is 17.3. The Morgan fingerprint density at radius 1 is 1.55 bits per heavy atom. The molecule has 1 N–H and O–H groups in total. The van der Waals surface area contributed by atoms with Crippen LogP contribution in [0.3, 0.4) is 0 Å². The molecule has 1 fully saturated rings. The number of imidazole rings is 1. The molecule has 0 aromatic carbocycles. The van der Waals surface area contributed by atoms with E-state index in [1.807, 2.05) is 19.2 Å². The van der Waals surface area contributed by atoms with E-state index in [1.165, 1.54) is 19.3 Å². The highest BCUT2D eigenvalue weighted by Gasteiger charge is 2.23. The van der Waals surface area contributed by atoms with Crippen molar-refractivity contribution in [1.82, 2.24) is 14.6 Å². The number of halogens is 1. The molecule has 3 rings (SSSR count). The molecule has 0 bridgehead atoms. The molecular formula is C13H15BrN4O2. The zero-order valence-electron chi connectivity index (χ0n) is 11.1. The number of rotatable bonds is 4. The molecular weight excluding hydrogens is 324 g/mol. The number of anilines is 1. The third kappa shape index (κ3) is 2.26. The minimum Gasteiger partial charge on any atom is -0.481 e. The quantitative estimate of drug-likeness (QED) is 0.924. The minimum absolute atomic E-state index is 0.113. The van der Waals surface area contributed by atoms with Crippen LogP contribution in [0, 0.1) is 0 Å². The fourth-order valence-electron chi connectivity index (χ4n) is 2.35. The Morgan fingerprint density at radius 2 is 2.30 bits per heavy atom. The second-order valence-electron chi connectivity index (χ2n) is 5.08. The van der Waals surface area contributed by atoms with Crippen LogP contribution in [0.1, 0.15) is 25.0 Å². The molecule has 0 amide bonds. The third-order valence-corrected chi connectivity index (χ3v) is 4.57. The van der Waals surface area contributed by atoms with Gasteiger partial charge in [-0.2, -0.15) is 0 Å². The van der Waals surface area contributed by atoms with Crippen LogP contribution < -0.4 is 4.90 Å². The smallest absolute Gasteiger partial charge is 0.309 e. The first-order valence-corrected chi connectivity index (χ1v) is 7.34. The predicted molar refractivity (Wildman–Crippen MR) is 78.1 cm³/mol. The number of carboxylic acids is 1. The summed E-state index contributed by atoms with van der Waals surface area (Å²) in [5.41, 5.74) is 1.15. The van der Waals surface area contributed by atoms with Crippen LogP contribution in [0.15, 0.2) is 16.7 Å². The summed E-state index contributed by atoms with van der Waals surface area (Å²) in [6.07, 6.45) is 3.56. The maximum Gasteiger partial charge on any atom is 0.309 e. The maximum absolute atomic E-state index is 10.8. The van der Waals surface area contributed by atoms with Crippen molar-refractivity contribution in [3.8, 4) is 0 Å². The standard InChI is InChI=1S/C13H15BrN4O2/c1-17(8-3-2-4-8)11-6-5-10-15-9(7-12(19)20)13(14)18(10)16-11/h5-6,8H,2-4,7H2,1H3,(H,19,20). The van der Waals surface area contributed by atoms with E-state index in [4.69, 9.17) is 5.11 Å². The van der Waals surface area contributed by atoms with Crippen LogP contribution in [0.25, 0.3) is 5.65 Å². The van der Waals surface area contributed by atoms with Gasteiger partial charge >= 0.3 is 5.97 Å². The van der Waals surface area contributed by atoms with E-state index in [1.54, 1.807) is 4.52 Å². The monoisotopic (exact) mass is 338 g/mol. The molecule has 0 unspecified atom stereocenters. The van der Waals surface area contributed by atoms with Crippen molar-refractivity contribution in [2.75, 3.05) is 11.9 Å². The van der Waals surface area contributed by atoms with Gasteiger partial charge in [0.05, 0.1) is 12.1 Å². The SMILES string of the molecule is CN(c1ccc2nc(CC(=O)O)c(Br)n2n1)C1CCC1. The van der Waals surface area contributed by atoms with Crippen molar-refractivity contribution in [3.63, 3.8) is 0 Å². The Hall–Kier alpha value is -1.63. The third-order valence-electron chi connectivity index (χ3n) is 3.78. The van der Waals surface area contributed by atoms with Gasteiger partial charge in [0.1, 0.15) is 10.4 Å². The Labute approximate surface area is 124 Å². The number of fused-ring (bicyclic) bond motifs is 1. The van der Waals surface area contributed by atoms with E-state index in [0.717, 1.165) is 5.82 Å². The van der Waals surface area contributed by atoms with Gasteiger partial charge in [-0.25, -0.2) is 9.50 Å². The Morgan fingerprint density at radius 3 is 2.90 bits per heavy atom. The lowest BCUT2D eigenvalue weighted by atomic mass is 9.92. The summed E-state index contributed by atoms with van der Waals surface area (Å²) in [7, 11) is 2.04. The summed E-state index contributed by atoms with van der Waals surface area (Å²) in [6.45, 7) is 0. The van der Waals surface area contributed by atoms with Gasteiger partial charge in [0, 0.05) is 13.1 Å². The highest BCUT2D eigenvalue weighted by atomic mass is 79.9. The van der Waals surface area contributed by atoms with Crippen molar-refractivity contribution in [3.05, 3.63) is 22.4 Å². The number of aromatic nitrogens is 3. The molecule has 1 aliphatic rings. The molecule has 2 aromatic heterocycles.